The monoisotopic (exact) mass is 240 g/mol. The molecule has 0 aromatic carbocycles. The van der Waals surface area contributed by atoms with Crippen molar-refractivity contribution >= 4 is 24.8 Å². The molecule has 1 aliphatic heterocycles. The van der Waals surface area contributed by atoms with Crippen LogP contribution in [0.5, 0.6) is 0 Å². The molecule has 1 atom stereocenters. The summed E-state index contributed by atoms with van der Waals surface area (Å²) in [6, 6.07) is 1.69. The molecular weight excluding hydrogens is 219 g/mol. The van der Waals surface area contributed by atoms with Crippen LogP contribution in [0, 0.1) is 5.92 Å². The smallest absolute Gasteiger partial charge is 0.0218 e. The van der Waals surface area contributed by atoms with E-state index in [1.807, 2.05) is 0 Å². The minimum absolute atomic E-state index is 0. The first kappa shape index (κ1) is 14.5. The Morgan fingerprint density at radius 2 is 1.86 bits per heavy atom. The molecule has 2 fully saturated rings. The van der Waals surface area contributed by atoms with E-state index in [9.17, 15) is 0 Å². The lowest BCUT2D eigenvalue weighted by Gasteiger charge is -2.35. The molecule has 2 rings (SSSR count). The van der Waals surface area contributed by atoms with E-state index in [-0.39, 0.29) is 24.8 Å². The Kier molecular flexibility index (Phi) is 6.38. The minimum atomic E-state index is 0. The van der Waals surface area contributed by atoms with Gasteiger partial charge in [-0.3, -0.25) is 4.90 Å². The fourth-order valence-electron chi connectivity index (χ4n) is 2.02. The summed E-state index contributed by atoms with van der Waals surface area (Å²) in [4.78, 5) is 2.67. The fraction of sp³-hybridized carbons (Fsp3) is 1.00. The highest BCUT2D eigenvalue weighted by atomic mass is 35.5. The summed E-state index contributed by atoms with van der Waals surface area (Å²) in [6.45, 7) is 8.37. The molecule has 0 spiro atoms. The average molecular weight is 241 g/mol. The molecule has 1 N–H and O–H groups in total. The van der Waals surface area contributed by atoms with Crippen molar-refractivity contribution in [3.63, 3.8) is 0 Å². The number of rotatable bonds is 2. The maximum atomic E-state index is 3.59. The number of hydrogen-bond donors (Lipinski definition) is 1. The normalized spacial score (nSPS) is 28.1. The Morgan fingerprint density at radius 1 is 1.21 bits per heavy atom. The molecule has 0 bridgehead atoms. The maximum Gasteiger partial charge on any atom is 0.0218 e. The number of piperazine rings is 1. The molecule has 0 amide bonds. The van der Waals surface area contributed by atoms with Gasteiger partial charge in [-0.1, -0.05) is 13.8 Å². The van der Waals surface area contributed by atoms with Crippen molar-refractivity contribution in [3.05, 3.63) is 0 Å². The number of nitrogens with one attached hydrogen (secondary N) is 1. The van der Waals surface area contributed by atoms with Gasteiger partial charge in [-0.05, 0) is 18.8 Å². The van der Waals surface area contributed by atoms with Crippen LogP contribution in [-0.2, 0) is 0 Å². The summed E-state index contributed by atoms with van der Waals surface area (Å²) in [6.07, 6.45) is 2.90. The van der Waals surface area contributed by atoms with Crippen molar-refractivity contribution in [3.8, 4) is 0 Å². The second-order valence-corrected chi connectivity index (χ2v) is 4.53. The van der Waals surface area contributed by atoms with Gasteiger partial charge in [0.2, 0.25) is 0 Å². The zero-order chi connectivity index (χ0) is 8.55. The van der Waals surface area contributed by atoms with E-state index < -0.39 is 0 Å². The van der Waals surface area contributed by atoms with Crippen LogP contribution in [0.1, 0.15) is 26.7 Å². The van der Waals surface area contributed by atoms with Crippen LogP contribution >= 0.6 is 24.8 Å². The van der Waals surface area contributed by atoms with Gasteiger partial charge in [-0.2, -0.15) is 0 Å². The second-order valence-electron chi connectivity index (χ2n) is 4.53. The molecule has 0 aromatic rings. The predicted molar refractivity (Wildman–Crippen MR) is 65.7 cm³/mol. The van der Waals surface area contributed by atoms with Crippen LogP contribution < -0.4 is 5.32 Å². The van der Waals surface area contributed by atoms with E-state index in [2.05, 4.69) is 24.1 Å². The number of nitrogens with zero attached hydrogens (tertiary/aromatic N) is 1. The molecule has 4 heteroatoms. The summed E-state index contributed by atoms with van der Waals surface area (Å²) in [7, 11) is 0. The predicted octanol–water partition coefficient (Wildman–Crippen LogP) is 1.92. The maximum absolute atomic E-state index is 3.59. The van der Waals surface area contributed by atoms with Gasteiger partial charge < -0.3 is 5.32 Å². The van der Waals surface area contributed by atoms with E-state index in [0.29, 0.717) is 0 Å². The summed E-state index contributed by atoms with van der Waals surface area (Å²) < 4.78 is 0. The second kappa shape index (κ2) is 6.16. The van der Waals surface area contributed by atoms with Crippen molar-refractivity contribution in [1.29, 1.82) is 0 Å². The Bertz CT molecular complexity index is 152. The Balaban J connectivity index is 0.000000845. The van der Waals surface area contributed by atoms with E-state index in [1.165, 1.54) is 32.5 Å². The molecule has 14 heavy (non-hydrogen) atoms. The highest BCUT2D eigenvalue weighted by molar-refractivity contribution is 5.85. The van der Waals surface area contributed by atoms with Crippen LogP contribution in [0.25, 0.3) is 0 Å². The average Bonchev–Trinajstić information content (AvgIpc) is 2.87. The van der Waals surface area contributed by atoms with Gasteiger partial charge in [0.25, 0.3) is 0 Å². The lowest BCUT2D eigenvalue weighted by atomic mass is 10.0. The van der Waals surface area contributed by atoms with E-state index in [1.54, 1.807) is 0 Å². The minimum Gasteiger partial charge on any atom is -0.311 e. The van der Waals surface area contributed by atoms with Gasteiger partial charge >= 0.3 is 0 Å². The molecule has 86 valence electrons. The lowest BCUT2D eigenvalue weighted by Crippen LogP contribution is -2.53. The number of hydrogen-bond acceptors (Lipinski definition) is 2. The fourth-order valence-corrected chi connectivity index (χ4v) is 2.02. The third-order valence-corrected chi connectivity index (χ3v) is 3.10. The molecule has 1 aliphatic carbocycles. The molecule has 0 unspecified atom stereocenters. The molecule has 2 nitrogen and oxygen atoms in total. The third kappa shape index (κ3) is 3.58. The van der Waals surface area contributed by atoms with Crippen molar-refractivity contribution in [2.75, 3.05) is 19.6 Å². The van der Waals surface area contributed by atoms with E-state index >= 15 is 0 Å². The van der Waals surface area contributed by atoms with Crippen LogP contribution in [-0.4, -0.2) is 36.6 Å². The van der Waals surface area contributed by atoms with Crippen molar-refractivity contribution in [2.24, 2.45) is 5.92 Å². The van der Waals surface area contributed by atoms with Crippen molar-refractivity contribution in [1.82, 2.24) is 10.2 Å². The first-order valence-corrected chi connectivity index (χ1v) is 5.25. The Labute approximate surface area is 99.6 Å². The summed E-state index contributed by atoms with van der Waals surface area (Å²) >= 11 is 0. The number of halogens is 2. The highest BCUT2D eigenvalue weighted by Gasteiger charge is 2.32. The Hall–Kier alpha value is 0.500. The third-order valence-electron chi connectivity index (χ3n) is 3.10. The van der Waals surface area contributed by atoms with E-state index in [0.717, 1.165) is 18.0 Å². The van der Waals surface area contributed by atoms with Gasteiger partial charge in [-0.25, -0.2) is 0 Å². The Morgan fingerprint density at radius 3 is 2.36 bits per heavy atom. The van der Waals surface area contributed by atoms with Crippen LogP contribution in [0.4, 0.5) is 0 Å². The largest absolute Gasteiger partial charge is 0.311 e. The van der Waals surface area contributed by atoms with Crippen LogP contribution in [0.2, 0.25) is 0 Å². The molecule has 0 aromatic heterocycles. The van der Waals surface area contributed by atoms with Gasteiger partial charge in [0, 0.05) is 31.7 Å². The van der Waals surface area contributed by atoms with E-state index in [4.69, 9.17) is 0 Å². The highest BCUT2D eigenvalue weighted by Crippen LogP contribution is 2.28. The van der Waals surface area contributed by atoms with Crippen LogP contribution in [0.15, 0.2) is 0 Å². The molecule has 0 radical (unpaired) electrons. The van der Waals surface area contributed by atoms with Gasteiger partial charge in [0.1, 0.15) is 0 Å². The lowest BCUT2D eigenvalue weighted by molar-refractivity contribution is 0.168. The van der Waals surface area contributed by atoms with Gasteiger partial charge in [0.15, 0.2) is 0 Å². The first-order valence-electron chi connectivity index (χ1n) is 5.25. The molecule has 2 aliphatic rings. The van der Waals surface area contributed by atoms with Gasteiger partial charge in [-0.15, -0.1) is 24.8 Å². The molecule has 1 saturated heterocycles. The standard InChI is InChI=1S/C10H20N2.2ClH/c1-8(2)10-7-12(6-5-11-10)9-3-4-9;;/h8-11H,3-7H2,1-2H3;2*1H/t10-;;/m1../s1. The summed E-state index contributed by atoms with van der Waals surface area (Å²) in [5.41, 5.74) is 0. The quantitative estimate of drug-likeness (QED) is 0.794. The van der Waals surface area contributed by atoms with Crippen molar-refractivity contribution in [2.45, 2.75) is 38.8 Å². The first-order chi connectivity index (χ1) is 5.77. The van der Waals surface area contributed by atoms with Crippen molar-refractivity contribution < 1.29 is 0 Å². The zero-order valence-corrected chi connectivity index (χ0v) is 10.7. The zero-order valence-electron chi connectivity index (χ0n) is 9.03. The molecule has 1 heterocycles. The topological polar surface area (TPSA) is 15.3 Å². The van der Waals surface area contributed by atoms with Gasteiger partial charge in [0.05, 0.1) is 0 Å². The SMILES string of the molecule is CC(C)[C@H]1CN(C2CC2)CCN1.Cl.Cl. The summed E-state index contributed by atoms with van der Waals surface area (Å²) in [5.74, 6) is 0.784. The summed E-state index contributed by atoms with van der Waals surface area (Å²) in [5, 5.41) is 3.59. The molecule has 1 saturated carbocycles. The molecular formula is C10H22Cl2N2. The van der Waals surface area contributed by atoms with Crippen LogP contribution in [0.3, 0.4) is 0 Å².